The third-order valence-corrected chi connectivity index (χ3v) is 6.26. The van der Waals surface area contributed by atoms with E-state index in [9.17, 15) is 0 Å². The van der Waals surface area contributed by atoms with Gasteiger partial charge in [-0.25, -0.2) is 19.9 Å². The Labute approximate surface area is 220 Å². The molecule has 0 saturated heterocycles. The van der Waals surface area contributed by atoms with Crippen molar-refractivity contribution in [1.29, 1.82) is 0 Å². The van der Waals surface area contributed by atoms with Crippen molar-refractivity contribution in [1.82, 2.24) is 19.9 Å². The zero-order valence-corrected chi connectivity index (χ0v) is 20.5. The minimum Gasteiger partial charge on any atom is -0.236 e. The molecule has 176 valence electrons. The number of pyridine rings is 1. The molecule has 4 aromatic carbocycles. The van der Waals surface area contributed by atoms with Crippen molar-refractivity contribution in [3.05, 3.63) is 133 Å². The molecule has 4 nitrogen and oxygen atoms in total. The van der Waals surface area contributed by atoms with E-state index in [0.717, 1.165) is 33.5 Å². The second-order valence-electron chi connectivity index (χ2n) is 8.54. The largest absolute Gasteiger partial charge is 0.236 e. The number of hydrogen-bond donors (Lipinski definition) is 0. The Morgan fingerprint density at radius 3 is 1.46 bits per heavy atom. The molecule has 6 rings (SSSR count). The Hall–Kier alpha value is -4.67. The maximum atomic E-state index is 6.13. The fourth-order valence-corrected chi connectivity index (χ4v) is 4.34. The molecule has 0 N–H and O–H groups in total. The molecule has 0 aliphatic rings. The van der Waals surface area contributed by atoms with Gasteiger partial charge in [0.25, 0.3) is 0 Å². The molecule has 37 heavy (non-hydrogen) atoms. The van der Waals surface area contributed by atoms with Crippen LogP contribution in [-0.2, 0) is 0 Å². The van der Waals surface area contributed by atoms with Crippen molar-refractivity contribution in [2.75, 3.05) is 0 Å². The van der Waals surface area contributed by atoms with Gasteiger partial charge >= 0.3 is 0 Å². The van der Waals surface area contributed by atoms with Gasteiger partial charge in [-0.15, -0.1) is 0 Å². The van der Waals surface area contributed by atoms with Gasteiger partial charge in [0.15, 0.2) is 17.5 Å². The predicted octanol–water partition coefficient (Wildman–Crippen LogP) is 8.26. The molecule has 0 radical (unpaired) electrons. The lowest BCUT2D eigenvalue weighted by atomic mass is 10.0. The Morgan fingerprint density at radius 2 is 0.811 bits per heavy atom. The summed E-state index contributed by atoms with van der Waals surface area (Å²) in [6, 6.07) is 42.2. The quantitative estimate of drug-likeness (QED) is 0.225. The zero-order chi connectivity index (χ0) is 25.0. The number of halogens is 1. The number of rotatable bonds is 5. The molecular formula is C32H21ClN4. The summed E-state index contributed by atoms with van der Waals surface area (Å²) in [5, 5.41) is 0.454. The van der Waals surface area contributed by atoms with Crippen molar-refractivity contribution in [3.8, 4) is 56.5 Å². The minimum atomic E-state index is 0.454. The first-order chi connectivity index (χ1) is 18.2. The second-order valence-corrected chi connectivity index (χ2v) is 8.93. The number of aromatic nitrogens is 4. The fraction of sp³-hybridized carbons (Fsp3) is 0. The maximum absolute atomic E-state index is 6.13. The molecule has 0 bridgehead atoms. The number of benzene rings is 4. The van der Waals surface area contributed by atoms with E-state index in [1.165, 1.54) is 5.56 Å². The molecule has 2 aromatic heterocycles. The van der Waals surface area contributed by atoms with Crippen molar-refractivity contribution in [2.45, 2.75) is 0 Å². The van der Waals surface area contributed by atoms with Crippen molar-refractivity contribution < 1.29 is 0 Å². The molecule has 5 heteroatoms. The fourth-order valence-electron chi connectivity index (χ4n) is 4.18. The Balaban J connectivity index is 1.45. The van der Waals surface area contributed by atoms with Gasteiger partial charge in [0, 0.05) is 22.3 Å². The van der Waals surface area contributed by atoms with Gasteiger partial charge in [-0.3, -0.25) is 0 Å². The summed E-state index contributed by atoms with van der Waals surface area (Å²) in [6.45, 7) is 0. The summed E-state index contributed by atoms with van der Waals surface area (Å²) in [6.07, 6.45) is 0. The third kappa shape index (κ3) is 5.01. The highest BCUT2D eigenvalue weighted by Crippen LogP contribution is 2.29. The molecule has 0 fully saturated rings. The van der Waals surface area contributed by atoms with Crippen molar-refractivity contribution in [2.24, 2.45) is 0 Å². The predicted molar refractivity (Wildman–Crippen MR) is 150 cm³/mol. The van der Waals surface area contributed by atoms with Crippen LogP contribution in [-0.4, -0.2) is 19.9 Å². The third-order valence-electron chi connectivity index (χ3n) is 6.05. The number of nitrogens with zero attached hydrogens (tertiary/aromatic N) is 4. The van der Waals surface area contributed by atoms with Crippen LogP contribution in [0.2, 0.25) is 5.15 Å². The van der Waals surface area contributed by atoms with Crippen LogP contribution in [0.3, 0.4) is 0 Å². The van der Waals surface area contributed by atoms with E-state index < -0.39 is 0 Å². The maximum Gasteiger partial charge on any atom is 0.164 e. The van der Waals surface area contributed by atoms with Gasteiger partial charge in [-0.2, -0.15) is 0 Å². The summed E-state index contributed by atoms with van der Waals surface area (Å²) in [5.41, 5.74) is 6.78. The molecular weight excluding hydrogens is 476 g/mol. The lowest BCUT2D eigenvalue weighted by Gasteiger charge is -2.10. The summed E-state index contributed by atoms with van der Waals surface area (Å²) >= 11 is 6.13. The van der Waals surface area contributed by atoms with E-state index in [0.29, 0.717) is 22.6 Å². The highest BCUT2D eigenvalue weighted by Gasteiger charge is 2.13. The van der Waals surface area contributed by atoms with Gasteiger partial charge in [0.1, 0.15) is 5.15 Å². The SMILES string of the molecule is Clc1cccc(-c2cccc(-c3nc(-c4ccccc4)nc(-c4ccc(-c5ccccc5)cc4)n3)c2)n1. The monoisotopic (exact) mass is 496 g/mol. The summed E-state index contributed by atoms with van der Waals surface area (Å²) in [4.78, 5) is 19.0. The Kier molecular flexibility index (Phi) is 6.24. The van der Waals surface area contributed by atoms with E-state index in [4.69, 9.17) is 26.6 Å². The van der Waals surface area contributed by atoms with E-state index in [1.807, 2.05) is 84.9 Å². The summed E-state index contributed by atoms with van der Waals surface area (Å²) < 4.78 is 0. The van der Waals surface area contributed by atoms with E-state index in [2.05, 4.69) is 41.4 Å². The van der Waals surface area contributed by atoms with Gasteiger partial charge < -0.3 is 0 Å². The van der Waals surface area contributed by atoms with Crippen LogP contribution in [0.5, 0.6) is 0 Å². The average molecular weight is 497 g/mol. The molecule has 0 saturated carbocycles. The molecule has 0 spiro atoms. The lowest BCUT2D eigenvalue weighted by molar-refractivity contribution is 1.07. The van der Waals surface area contributed by atoms with Crippen LogP contribution in [0.25, 0.3) is 56.5 Å². The first kappa shape index (κ1) is 22.8. The van der Waals surface area contributed by atoms with E-state index in [1.54, 1.807) is 6.07 Å². The van der Waals surface area contributed by atoms with Crippen LogP contribution < -0.4 is 0 Å². The second kappa shape index (κ2) is 10.1. The lowest BCUT2D eigenvalue weighted by Crippen LogP contribution is -2.00. The van der Waals surface area contributed by atoms with E-state index >= 15 is 0 Å². The van der Waals surface area contributed by atoms with Gasteiger partial charge in [-0.05, 0) is 29.3 Å². The van der Waals surface area contributed by atoms with Crippen LogP contribution in [0.15, 0.2) is 127 Å². The topological polar surface area (TPSA) is 51.6 Å². The normalized spacial score (nSPS) is 10.8. The first-order valence-corrected chi connectivity index (χ1v) is 12.3. The molecule has 6 aromatic rings. The standard InChI is InChI=1S/C32H21ClN4/c33-29-16-8-15-28(34-29)26-13-7-14-27(21-26)32-36-30(24-11-5-2-6-12-24)35-31(37-32)25-19-17-23(18-20-25)22-9-3-1-4-10-22/h1-21H. The molecule has 2 heterocycles. The van der Waals surface area contributed by atoms with Crippen LogP contribution in [0, 0.1) is 0 Å². The minimum absolute atomic E-state index is 0.454. The molecule has 0 aliphatic heterocycles. The van der Waals surface area contributed by atoms with Gasteiger partial charge in [-0.1, -0.05) is 121 Å². The van der Waals surface area contributed by atoms with Gasteiger partial charge in [0.05, 0.1) is 5.69 Å². The Morgan fingerprint density at radius 1 is 0.351 bits per heavy atom. The molecule has 0 unspecified atom stereocenters. The van der Waals surface area contributed by atoms with E-state index in [-0.39, 0.29) is 0 Å². The van der Waals surface area contributed by atoms with Crippen LogP contribution in [0.4, 0.5) is 0 Å². The molecule has 0 amide bonds. The van der Waals surface area contributed by atoms with Crippen molar-refractivity contribution in [3.63, 3.8) is 0 Å². The van der Waals surface area contributed by atoms with Gasteiger partial charge in [0.2, 0.25) is 0 Å². The molecule has 0 aliphatic carbocycles. The average Bonchev–Trinajstić information content (AvgIpc) is 2.98. The highest BCUT2D eigenvalue weighted by atomic mass is 35.5. The summed E-state index contributed by atoms with van der Waals surface area (Å²) in [7, 11) is 0. The first-order valence-electron chi connectivity index (χ1n) is 11.9. The molecule has 0 atom stereocenters. The van der Waals surface area contributed by atoms with Crippen LogP contribution >= 0.6 is 11.6 Å². The Bertz CT molecular complexity index is 1670. The van der Waals surface area contributed by atoms with Crippen LogP contribution in [0.1, 0.15) is 0 Å². The summed E-state index contributed by atoms with van der Waals surface area (Å²) in [5.74, 6) is 1.84. The zero-order valence-electron chi connectivity index (χ0n) is 19.8. The van der Waals surface area contributed by atoms with Crippen molar-refractivity contribution >= 4 is 11.6 Å². The number of hydrogen-bond acceptors (Lipinski definition) is 4. The highest BCUT2D eigenvalue weighted by molar-refractivity contribution is 6.29. The smallest absolute Gasteiger partial charge is 0.164 e.